The number of fused-ring (bicyclic) bond motifs is 1. The molecule has 0 aliphatic carbocycles. The SMILES string of the molecule is CC(C)Cc1ccc([C@@H](C)c2nn3c(-c4ccc(N(C)C)cc4)nnc3s2)cc1. The molecule has 0 aliphatic heterocycles. The Morgan fingerprint density at radius 3 is 2.24 bits per heavy atom. The summed E-state index contributed by atoms with van der Waals surface area (Å²) in [6.45, 7) is 6.71. The predicted molar refractivity (Wildman–Crippen MR) is 121 cm³/mol. The minimum Gasteiger partial charge on any atom is -0.378 e. The summed E-state index contributed by atoms with van der Waals surface area (Å²) >= 11 is 1.61. The Bertz CT molecular complexity index is 1090. The van der Waals surface area contributed by atoms with E-state index in [-0.39, 0.29) is 5.92 Å². The maximum atomic E-state index is 4.85. The van der Waals surface area contributed by atoms with Gasteiger partial charge in [-0.15, -0.1) is 10.2 Å². The first-order valence-electron chi connectivity index (χ1n) is 10.0. The highest BCUT2D eigenvalue weighted by Gasteiger charge is 2.18. The van der Waals surface area contributed by atoms with Crippen LogP contribution in [0.1, 0.15) is 42.8 Å². The fourth-order valence-electron chi connectivity index (χ4n) is 3.45. The molecule has 0 N–H and O–H groups in total. The van der Waals surface area contributed by atoms with Crippen molar-refractivity contribution in [2.24, 2.45) is 5.92 Å². The molecule has 0 bridgehead atoms. The summed E-state index contributed by atoms with van der Waals surface area (Å²) in [6, 6.07) is 17.3. The van der Waals surface area contributed by atoms with Crippen LogP contribution in [0.25, 0.3) is 16.3 Å². The molecular formula is C23H27N5S. The van der Waals surface area contributed by atoms with Gasteiger partial charge in [0.05, 0.1) is 0 Å². The van der Waals surface area contributed by atoms with Crippen LogP contribution in [0, 0.1) is 5.92 Å². The van der Waals surface area contributed by atoms with Gasteiger partial charge in [-0.1, -0.05) is 56.4 Å². The number of hydrogen-bond acceptors (Lipinski definition) is 5. The molecule has 0 spiro atoms. The van der Waals surface area contributed by atoms with Crippen LogP contribution in [-0.4, -0.2) is 33.9 Å². The molecule has 0 amide bonds. The second-order valence-electron chi connectivity index (χ2n) is 8.16. The van der Waals surface area contributed by atoms with Gasteiger partial charge in [0, 0.05) is 31.3 Å². The molecule has 0 unspecified atom stereocenters. The van der Waals surface area contributed by atoms with Gasteiger partial charge in [0.1, 0.15) is 5.01 Å². The Balaban J connectivity index is 1.61. The fourth-order valence-corrected chi connectivity index (χ4v) is 4.37. The van der Waals surface area contributed by atoms with E-state index in [4.69, 9.17) is 5.10 Å². The van der Waals surface area contributed by atoms with Crippen LogP contribution in [0.3, 0.4) is 0 Å². The van der Waals surface area contributed by atoms with Gasteiger partial charge in [0.25, 0.3) is 0 Å². The van der Waals surface area contributed by atoms with Crippen LogP contribution in [0.5, 0.6) is 0 Å². The van der Waals surface area contributed by atoms with E-state index in [2.05, 4.69) is 84.4 Å². The molecule has 2 aromatic heterocycles. The van der Waals surface area contributed by atoms with E-state index in [0.29, 0.717) is 5.92 Å². The van der Waals surface area contributed by atoms with Gasteiger partial charge in [0.2, 0.25) is 4.96 Å². The molecule has 4 aromatic rings. The van der Waals surface area contributed by atoms with Gasteiger partial charge < -0.3 is 4.90 Å². The van der Waals surface area contributed by atoms with Crippen molar-refractivity contribution in [2.45, 2.75) is 33.1 Å². The van der Waals surface area contributed by atoms with Gasteiger partial charge in [0.15, 0.2) is 5.82 Å². The molecule has 0 saturated heterocycles. The Labute approximate surface area is 176 Å². The molecule has 0 radical (unpaired) electrons. The topological polar surface area (TPSA) is 46.3 Å². The molecule has 5 nitrogen and oxygen atoms in total. The van der Waals surface area contributed by atoms with Crippen LogP contribution in [0.2, 0.25) is 0 Å². The van der Waals surface area contributed by atoms with Crippen LogP contribution < -0.4 is 4.90 Å². The highest BCUT2D eigenvalue weighted by atomic mass is 32.1. The van der Waals surface area contributed by atoms with Crippen molar-refractivity contribution in [3.8, 4) is 11.4 Å². The van der Waals surface area contributed by atoms with E-state index in [1.165, 1.54) is 11.1 Å². The normalized spacial score (nSPS) is 12.6. The molecule has 29 heavy (non-hydrogen) atoms. The summed E-state index contributed by atoms with van der Waals surface area (Å²) < 4.78 is 1.87. The summed E-state index contributed by atoms with van der Waals surface area (Å²) in [5.41, 5.74) is 4.84. The van der Waals surface area contributed by atoms with E-state index in [9.17, 15) is 0 Å². The monoisotopic (exact) mass is 405 g/mol. The summed E-state index contributed by atoms with van der Waals surface area (Å²) in [6.07, 6.45) is 1.11. The number of rotatable bonds is 6. The van der Waals surface area contributed by atoms with Crippen LogP contribution in [0.15, 0.2) is 48.5 Å². The first-order chi connectivity index (χ1) is 13.9. The molecule has 0 fully saturated rings. The summed E-state index contributed by atoms with van der Waals surface area (Å²) in [4.78, 5) is 2.91. The van der Waals surface area contributed by atoms with Crippen molar-refractivity contribution in [1.29, 1.82) is 0 Å². The fraction of sp³-hybridized carbons (Fsp3) is 0.348. The Kier molecular flexibility index (Phi) is 5.37. The summed E-state index contributed by atoms with van der Waals surface area (Å²) in [7, 11) is 4.07. The molecule has 2 heterocycles. The standard InChI is InChI=1S/C23H27N5S/c1-15(2)14-17-6-8-18(9-7-17)16(3)22-26-28-21(24-25-23(28)29-22)19-10-12-20(13-11-19)27(4)5/h6-13,15-16H,14H2,1-5H3/t16-/m1/s1. The zero-order valence-corrected chi connectivity index (χ0v) is 18.4. The molecular weight excluding hydrogens is 378 g/mol. The number of anilines is 1. The van der Waals surface area contributed by atoms with Crippen molar-refractivity contribution >= 4 is 22.0 Å². The van der Waals surface area contributed by atoms with Crippen molar-refractivity contribution in [2.75, 3.05) is 19.0 Å². The molecule has 6 heteroatoms. The average molecular weight is 406 g/mol. The smallest absolute Gasteiger partial charge is 0.234 e. The van der Waals surface area contributed by atoms with Gasteiger partial charge in [-0.05, 0) is 47.7 Å². The number of benzene rings is 2. The minimum absolute atomic E-state index is 0.221. The number of nitrogens with zero attached hydrogens (tertiary/aromatic N) is 5. The lowest BCUT2D eigenvalue weighted by Gasteiger charge is -2.12. The highest BCUT2D eigenvalue weighted by Crippen LogP contribution is 2.30. The third-order valence-corrected chi connectivity index (χ3v) is 6.22. The van der Waals surface area contributed by atoms with E-state index in [1.807, 2.05) is 18.6 Å². The zero-order valence-electron chi connectivity index (χ0n) is 17.6. The Hall–Kier alpha value is -2.73. The van der Waals surface area contributed by atoms with Crippen LogP contribution in [-0.2, 0) is 6.42 Å². The van der Waals surface area contributed by atoms with Gasteiger partial charge >= 0.3 is 0 Å². The number of aromatic nitrogens is 4. The lowest BCUT2D eigenvalue weighted by molar-refractivity contribution is 0.647. The lowest BCUT2D eigenvalue weighted by atomic mass is 9.97. The summed E-state index contributed by atoms with van der Waals surface area (Å²) in [5, 5.41) is 14.6. The highest BCUT2D eigenvalue weighted by molar-refractivity contribution is 7.16. The Morgan fingerprint density at radius 2 is 1.62 bits per heavy atom. The second kappa shape index (κ2) is 7.95. The summed E-state index contributed by atoms with van der Waals surface area (Å²) in [5.74, 6) is 1.67. The quantitative estimate of drug-likeness (QED) is 0.438. The average Bonchev–Trinajstić information content (AvgIpc) is 3.28. The van der Waals surface area contributed by atoms with Crippen molar-refractivity contribution in [1.82, 2.24) is 19.8 Å². The lowest BCUT2D eigenvalue weighted by Crippen LogP contribution is -2.08. The van der Waals surface area contributed by atoms with Gasteiger partial charge in [-0.2, -0.15) is 9.61 Å². The maximum absolute atomic E-state index is 4.85. The molecule has 0 aliphatic rings. The molecule has 150 valence electrons. The van der Waals surface area contributed by atoms with Crippen LogP contribution in [0.4, 0.5) is 5.69 Å². The molecule has 1 atom stereocenters. The number of hydrogen-bond donors (Lipinski definition) is 0. The minimum atomic E-state index is 0.221. The first kappa shape index (κ1) is 19.6. The van der Waals surface area contributed by atoms with E-state index in [1.54, 1.807) is 11.3 Å². The largest absolute Gasteiger partial charge is 0.378 e. The van der Waals surface area contributed by atoms with Gasteiger partial charge in [-0.3, -0.25) is 0 Å². The van der Waals surface area contributed by atoms with Crippen molar-refractivity contribution in [3.63, 3.8) is 0 Å². The maximum Gasteiger partial charge on any atom is 0.234 e. The second-order valence-corrected chi connectivity index (χ2v) is 9.15. The third-order valence-electron chi connectivity index (χ3n) is 5.14. The van der Waals surface area contributed by atoms with E-state index >= 15 is 0 Å². The van der Waals surface area contributed by atoms with Crippen molar-refractivity contribution < 1.29 is 0 Å². The Morgan fingerprint density at radius 1 is 0.931 bits per heavy atom. The third kappa shape index (κ3) is 4.03. The zero-order chi connectivity index (χ0) is 20.5. The van der Waals surface area contributed by atoms with Crippen LogP contribution >= 0.6 is 11.3 Å². The molecule has 4 rings (SSSR count). The first-order valence-corrected chi connectivity index (χ1v) is 10.8. The predicted octanol–water partition coefficient (Wildman–Crippen LogP) is 5.27. The molecule has 2 aromatic carbocycles. The van der Waals surface area contributed by atoms with Crippen molar-refractivity contribution in [3.05, 3.63) is 64.7 Å². The van der Waals surface area contributed by atoms with E-state index < -0.39 is 0 Å². The van der Waals surface area contributed by atoms with E-state index in [0.717, 1.165) is 33.5 Å². The van der Waals surface area contributed by atoms with Gasteiger partial charge in [-0.25, -0.2) is 0 Å². The molecule has 0 saturated carbocycles.